The normalized spacial score (nSPS) is 14.6. The van der Waals surface area contributed by atoms with Gasteiger partial charge in [0.25, 0.3) is 5.91 Å². The van der Waals surface area contributed by atoms with Gasteiger partial charge in [-0.15, -0.1) is 0 Å². The van der Waals surface area contributed by atoms with Gasteiger partial charge >= 0.3 is 12.8 Å². The predicted molar refractivity (Wildman–Crippen MR) is 113 cm³/mol. The van der Waals surface area contributed by atoms with Crippen molar-refractivity contribution in [3.05, 3.63) is 65.2 Å². The van der Waals surface area contributed by atoms with Crippen LogP contribution in [0.1, 0.15) is 21.5 Å². The van der Waals surface area contributed by atoms with Crippen molar-refractivity contribution in [3.63, 3.8) is 0 Å². The molecule has 0 bridgehead atoms. The van der Waals surface area contributed by atoms with E-state index >= 15 is 0 Å². The number of carbonyl (C=O) groups excluding carboxylic acids is 2. The Labute approximate surface area is 192 Å². The SMILES string of the molecule is COc1cccc(/C=C/C(=O)N2CCN(C(=O)c3cccc(C(F)(F)F)c3)CC2)c1OC(F)F. The monoisotopic (exact) mass is 484 g/mol. The number of methoxy groups -OCH3 is 1. The van der Waals surface area contributed by atoms with Crippen molar-refractivity contribution in [2.24, 2.45) is 0 Å². The van der Waals surface area contributed by atoms with Gasteiger partial charge in [-0.05, 0) is 30.3 Å². The highest BCUT2D eigenvalue weighted by atomic mass is 19.4. The summed E-state index contributed by atoms with van der Waals surface area (Å²) in [6.45, 7) is -2.50. The number of para-hydroxylation sites is 1. The Morgan fingerprint density at radius 1 is 1.00 bits per heavy atom. The first-order valence-electron chi connectivity index (χ1n) is 10.2. The topological polar surface area (TPSA) is 59.1 Å². The Kier molecular flexibility index (Phi) is 7.75. The minimum atomic E-state index is -4.56. The summed E-state index contributed by atoms with van der Waals surface area (Å²) < 4.78 is 73.8. The van der Waals surface area contributed by atoms with Crippen molar-refractivity contribution in [1.82, 2.24) is 9.80 Å². The summed E-state index contributed by atoms with van der Waals surface area (Å²) in [6, 6.07) is 8.65. The Hall–Kier alpha value is -3.63. The van der Waals surface area contributed by atoms with Crippen LogP contribution in [-0.2, 0) is 11.0 Å². The molecule has 11 heteroatoms. The molecule has 182 valence electrons. The van der Waals surface area contributed by atoms with Crippen LogP contribution in [0.2, 0.25) is 0 Å². The van der Waals surface area contributed by atoms with Crippen LogP contribution in [0.5, 0.6) is 11.5 Å². The molecule has 1 fully saturated rings. The zero-order valence-corrected chi connectivity index (χ0v) is 18.0. The molecule has 0 aliphatic carbocycles. The van der Waals surface area contributed by atoms with Gasteiger partial charge in [-0.25, -0.2) is 0 Å². The van der Waals surface area contributed by atoms with Crippen molar-refractivity contribution in [3.8, 4) is 11.5 Å². The first kappa shape index (κ1) is 25.0. The maximum atomic E-state index is 12.9. The molecule has 0 saturated carbocycles. The van der Waals surface area contributed by atoms with Crippen LogP contribution in [0.15, 0.2) is 48.5 Å². The summed E-state index contributed by atoms with van der Waals surface area (Å²) >= 11 is 0. The van der Waals surface area contributed by atoms with Crippen molar-refractivity contribution >= 4 is 17.9 Å². The molecule has 1 aliphatic rings. The number of hydrogen-bond acceptors (Lipinski definition) is 4. The molecule has 1 saturated heterocycles. The van der Waals surface area contributed by atoms with Gasteiger partial charge in [0.15, 0.2) is 11.5 Å². The molecule has 0 radical (unpaired) electrons. The lowest BCUT2D eigenvalue weighted by Gasteiger charge is -2.34. The van der Waals surface area contributed by atoms with Crippen LogP contribution in [0, 0.1) is 0 Å². The van der Waals surface area contributed by atoms with Gasteiger partial charge in [-0.2, -0.15) is 22.0 Å². The number of carbonyl (C=O) groups is 2. The number of ether oxygens (including phenoxy) is 2. The Balaban J connectivity index is 1.63. The number of alkyl halides is 5. The van der Waals surface area contributed by atoms with E-state index in [1.807, 2.05) is 0 Å². The molecule has 2 amide bonds. The van der Waals surface area contributed by atoms with Gasteiger partial charge in [0, 0.05) is 43.4 Å². The fourth-order valence-corrected chi connectivity index (χ4v) is 3.45. The third-order valence-corrected chi connectivity index (χ3v) is 5.16. The first-order valence-corrected chi connectivity index (χ1v) is 10.2. The highest BCUT2D eigenvalue weighted by Crippen LogP contribution is 2.33. The fraction of sp³-hybridized carbons (Fsp3) is 0.304. The summed E-state index contributed by atoms with van der Waals surface area (Å²) in [6.07, 6.45) is -2.04. The van der Waals surface area contributed by atoms with Gasteiger partial charge in [-0.1, -0.05) is 18.2 Å². The van der Waals surface area contributed by atoms with Crippen LogP contribution in [-0.4, -0.2) is 61.5 Å². The van der Waals surface area contributed by atoms with Crippen LogP contribution < -0.4 is 9.47 Å². The van der Waals surface area contributed by atoms with E-state index in [0.29, 0.717) is 0 Å². The second-order valence-corrected chi connectivity index (χ2v) is 7.29. The van der Waals surface area contributed by atoms with Gasteiger partial charge in [0.05, 0.1) is 12.7 Å². The van der Waals surface area contributed by atoms with Crippen molar-refractivity contribution in [2.75, 3.05) is 33.3 Å². The summed E-state index contributed by atoms with van der Waals surface area (Å²) in [5.74, 6) is -1.10. The number of hydrogen-bond donors (Lipinski definition) is 0. The third kappa shape index (κ3) is 6.03. The quantitative estimate of drug-likeness (QED) is 0.453. The van der Waals surface area contributed by atoms with Crippen molar-refractivity contribution in [2.45, 2.75) is 12.8 Å². The summed E-state index contributed by atoms with van der Waals surface area (Å²) in [4.78, 5) is 28.0. The second-order valence-electron chi connectivity index (χ2n) is 7.29. The van der Waals surface area contributed by atoms with Gasteiger partial charge in [0.1, 0.15) is 0 Å². The molecule has 34 heavy (non-hydrogen) atoms. The fourth-order valence-electron chi connectivity index (χ4n) is 3.45. The lowest BCUT2D eigenvalue weighted by atomic mass is 10.1. The maximum Gasteiger partial charge on any atom is 0.416 e. The zero-order chi connectivity index (χ0) is 24.9. The van der Waals surface area contributed by atoms with Crippen LogP contribution >= 0.6 is 0 Å². The maximum absolute atomic E-state index is 12.9. The van der Waals surface area contributed by atoms with Gasteiger partial charge in [0.2, 0.25) is 5.91 Å². The Bertz CT molecular complexity index is 1060. The molecule has 3 rings (SSSR count). The molecule has 0 spiro atoms. The molecule has 0 aromatic heterocycles. The van der Waals surface area contributed by atoms with E-state index in [9.17, 15) is 31.5 Å². The smallest absolute Gasteiger partial charge is 0.416 e. The van der Waals surface area contributed by atoms with E-state index in [4.69, 9.17) is 4.74 Å². The summed E-state index contributed by atoms with van der Waals surface area (Å²) in [5, 5.41) is 0. The molecule has 1 aliphatic heterocycles. The van der Waals surface area contributed by atoms with E-state index < -0.39 is 30.2 Å². The Morgan fingerprint density at radius 3 is 2.26 bits per heavy atom. The van der Waals surface area contributed by atoms with Gasteiger partial charge in [-0.3, -0.25) is 9.59 Å². The molecule has 6 nitrogen and oxygen atoms in total. The standard InChI is InChI=1S/C23H21F5N2O4/c1-33-18-7-3-4-15(20(18)34-22(24)25)8-9-19(31)29-10-12-30(13-11-29)21(32)16-5-2-6-17(14-16)23(26,27)28/h2-9,14,22H,10-13H2,1H3/b9-8+. The van der Waals surface area contributed by atoms with E-state index in [-0.39, 0.29) is 48.8 Å². The Morgan fingerprint density at radius 2 is 1.65 bits per heavy atom. The average molecular weight is 484 g/mol. The zero-order valence-electron chi connectivity index (χ0n) is 18.0. The molecule has 2 aromatic rings. The molecule has 1 heterocycles. The molecule has 0 N–H and O–H groups in total. The number of amides is 2. The highest BCUT2D eigenvalue weighted by molar-refractivity contribution is 5.95. The third-order valence-electron chi connectivity index (χ3n) is 5.16. The highest BCUT2D eigenvalue weighted by Gasteiger charge is 2.32. The van der Waals surface area contributed by atoms with Crippen molar-refractivity contribution in [1.29, 1.82) is 0 Å². The van der Waals surface area contributed by atoms with E-state index in [1.165, 1.54) is 53.3 Å². The van der Waals surface area contributed by atoms with E-state index in [1.54, 1.807) is 6.07 Å². The summed E-state index contributed by atoms with van der Waals surface area (Å²) in [7, 11) is 1.30. The number of rotatable bonds is 6. The van der Waals surface area contributed by atoms with Crippen LogP contribution in [0.25, 0.3) is 6.08 Å². The minimum Gasteiger partial charge on any atom is -0.493 e. The van der Waals surface area contributed by atoms with Crippen molar-refractivity contribution < 1.29 is 41.0 Å². The lowest BCUT2D eigenvalue weighted by Crippen LogP contribution is -2.50. The first-order chi connectivity index (χ1) is 16.1. The second kappa shape index (κ2) is 10.5. The van der Waals surface area contributed by atoms with E-state index in [2.05, 4.69) is 4.74 Å². The predicted octanol–water partition coefficient (Wildman–Crippen LogP) is 4.31. The van der Waals surface area contributed by atoms with Crippen LogP contribution in [0.4, 0.5) is 22.0 Å². The lowest BCUT2D eigenvalue weighted by molar-refractivity contribution is -0.137. The molecule has 0 unspecified atom stereocenters. The molecular weight excluding hydrogens is 463 g/mol. The van der Waals surface area contributed by atoms with Crippen LogP contribution in [0.3, 0.4) is 0 Å². The number of benzene rings is 2. The number of piperazine rings is 1. The summed E-state index contributed by atoms with van der Waals surface area (Å²) in [5.41, 5.74) is -0.782. The number of nitrogens with zero attached hydrogens (tertiary/aromatic N) is 2. The van der Waals surface area contributed by atoms with Gasteiger partial charge < -0.3 is 19.3 Å². The number of halogens is 5. The average Bonchev–Trinajstić information content (AvgIpc) is 2.82. The molecular formula is C23H21F5N2O4. The largest absolute Gasteiger partial charge is 0.493 e. The van der Waals surface area contributed by atoms with E-state index in [0.717, 1.165) is 12.1 Å². The molecule has 2 aromatic carbocycles. The minimum absolute atomic E-state index is 0.0802. The molecule has 0 atom stereocenters.